The minimum atomic E-state index is 0.0197. The van der Waals surface area contributed by atoms with Crippen molar-refractivity contribution in [1.29, 1.82) is 0 Å². The van der Waals surface area contributed by atoms with Crippen LogP contribution in [0, 0.1) is 0 Å². The normalized spacial score (nSPS) is 11.8. The van der Waals surface area contributed by atoms with Crippen LogP contribution >= 0.6 is 0 Å². The van der Waals surface area contributed by atoms with Crippen molar-refractivity contribution in [2.75, 3.05) is 0 Å². The van der Waals surface area contributed by atoms with Crippen molar-refractivity contribution >= 4 is 5.91 Å². The third kappa shape index (κ3) is 4.21. The third-order valence-corrected chi connectivity index (χ3v) is 3.07. The predicted octanol–water partition coefficient (Wildman–Crippen LogP) is 2.89. The molecule has 1 heterocycles. The Morgan fingerprint density at radius 3 is 2.53 bits per heavy atom. The SMILES string of the molecule is C[C@H](NC(=O)CCc1ccccc1)c1ccncc1. The van der Waals surface area contributed by atoms with E-state index < -0.39 is 0 Å². The number of hydrogen-bond acceptors (Lipinski definition) is 2. The Morgan fingerprint density at radius 1 is 1.16 bits per heavy atom. The predicted molar refractivity (Wildman–Crippen MR) is 75.6 cm³/mol. The van der Waals surface area contributed by atoms with Gasteiger partial charge in [-0.3, -0.25) is 9.78 Å². The van der Waals surface area contributed by atoms with Crippen LogP contribution in [0.1, 0.15) is 30.5 Å². The fourth-order valence-corrected chi connectivity index (χ4v) is 1.95. The number of nitrogens with zero attached hydrogens (tertiary/aromatic N) is 1. The molecule has 0 radical (unpaired) electrons. The van der Waals surface area contributed by atoms with Gasteiger partial charge in [0.2, 0.25) is 5.91 Å². The first-order valence-corrected chi connectivity index (χ1v) is 6.49. The Bertz CT molecular complexity index is 511. The molecule has 1 aromatic carbocycles. The first kappa shape index (κ1) is 13.3. The van der Waals surface area contributed by atoms with E-state index in [9.17, 15) is 4.79 Å². The van der Waals surface area contributed by atoms with Crippen molar-refractivity contribution in [3.63, 3.8) is 0 Å². The van der Waals surface area contributed by atoms with Crippen molar-refractivity contribution in [3.8, 4) is 0 Å². The second-order valence-corrected chi connectivity index (χ2v) is 4.56. The molecule has 0 spiro atoms. The quantitative estimate of drug-likeness (QED) is 0.891. The van der Waals surface area contributed by atoms with Crippen molar-refractivity contribution in [3.05, 3.63) is 66.0 Å². The van der Waals surface area contributed by atoms with Gasteiger partial charge in [0, 0.05) is 18.8 Å². The second kappa shape index (κ2) is 6.69. The molecule has 1 aromatic heterocycles. The maximum absolute atomic E-state index is 11.9. The zero-order valence-corrected chi connectivity index (χ0v) is 11.0. The molecular weight excluding hydrogens is 236 g/mol. The van der Waals surface area contributed by atoms with Gasteiger partial charge in [-0.15, -0.1) is 0 Å². The highest BCUT2D eigenvalue weighted by molar-refractivity contribution is 5.76. The molecule has 1 N–H and O–H groups in total. The largest absolute Gasteiger partial charge is 0.350 e. The maximum atomic E-state index is 11.9. The Balaban J connectivity index is 1.82. The van der Waals surface area contributed by atoms with Crippen molar-refractivity contribution in [2.45, 2.75) is 25.8 Å². The number of carbonyl (C=O) groups excluding carboxylic acids is 1. The molecule has 0 aliphatic heterocycles. The summed E-state index contributed by atoms with van der Waals surface area (Å²) in [4.78, 5) is 15.8. The van der Waals surface area contributed by atoms with E-state index in [1.165, 1.54) is 5.56 Å². The van der Waals surface area contributed by atoms with Crippen LogP contribution in [-0.4, -0.2) is 10.9 Å². The summed E-state index contributed by atoms with van der Waals surface area (Å²) in [5.74, 6) is 0.0770. The fourth-order valence-electron chi connectivity index (χ4n) is 1.95. The summed E-state index contributed by atoms with van der Waals surface area (Å²) in [6.07, 6.45) is 4.76. The van der Waals surface area contributed by atoms with Crippen LogP contribution in [0.3, 0.4) is 0 Å². The lowest BCUT2D eigenvalue weighted by Gasteiger charge is -2.14. The third-order valence-electron chi connectivity index (χ3n) is 3.07. The van der Waals surface area contributed by atoms with Gasteiger partial charge < -0.3 is 5.32 Å². The molecule has 3 nitrogen and oxygen atoms in total. The van der Waals surface area contributed by atoms with E-state index in [1.54, 1.807) is 12.4 Å². The molecule has 0 saturated heterocycles. The average molecular weight is 254 g/mol. The number of nitrogens with one attached hydrogen (secondary N) is 1. The van der Waals surface area contributed by atoms with E-state index in [-0.39, 0.29) is 11.9 Å². The fraction of sp³-hybridized carbons (Fsp3) is 0.250. The summed E-state index contributed by atoms with van der Waals surface area (Å²) in [5.41, 5.74) is 2.26. The van der Waals surface area contributed by atoms with Gasteiger partial charge in [-0.25, -0.2) is 0 Å². The lowest BCUT2D eigenvalue weighted by atomic mass is 10.1. The van der Waals surface area contributed by atoms with Gasteiger partial charge in [0.05, 0.1) is 6.04 Å². The molecule has 0 fully saturated rings. The molecule has 2 aromatic rings. The number of hydrogen-bond donors (Lipinski definition) is 1. The topological polar surface area (TPSA) is 42.0 Å². The monoisotopic (exact) mass is 254 g/mol. The molecule has 0 aliphatic rings. The molecule has 2 rings (SSSR count). The Kier molecular flexibility index (Phi) is 4.67. The van der Waals surface area contributed by atoms with Gasteiger partial charge in [0.15, 0.2) is 0 Å². The first-order valence-electron chi connectivity index (χ1n) is 6.49. The zero-order chi connectivity index (χ0) is 13.5. The highest BCUT2D eigenvalue weighted by Crippen LogP contribution is 2.10. The number of aromatic nitrogens is 1. The summed E-state index contributed by atoms with van der Waals surface area (Å²) < 4.78 is 0. The van der Waals surface area contributed by atoms with Gasteiger partial charge >= 0.3 is 0 Å². The van der Waals surface area contributed by atoms with Crippen LogP contribution in [0.15, 0.2) is 54.9 Å². The molecule has 0 saturated carbocycles. The molecule has 98 valence electrons. The minimum Gasteiger partial charge on any atom is -0.350 e. The molecular formula is C16H18N2O. The van der Waals surface area contributed by atoms with Crippen molar-refractivity contribution < 1.29 is 4.79 Å². The number of carbonyl (C=O) groups is 1. The summed E-state index contributed by atoms with van der Waals surface area (Å²) in [6.45, 7) is 1.98. The summed E-state index contributed by atoms with van der Waals surface area (Å²) in [7, 11) is 0. The zero-order valence-electron chi connectivity index (χ0n) is 11.0. The van der Waals surface area contributed by atoms with Crippen molar-refractivity contribution in [2.24, 2.45) is 0 Å². The number of aryl methyl sites for hydroxylation is 1. The van der Waals surface area contributed by atoms with E-state index in [0.717, 1.165) is 12.0 Å². The van der Waals surface area contributed by atoms with Crippen LogP contribution in [-0.2, 0) is 11.2 Å². The summed E-state index contributed by atoms with van der Waals surface area (Å²) >= 11 is 0. The van der Waals surface area contributed by atoms with Crippen LogP contribution in [0.2, 0.25) is 0 Å². The second-order valence-electron chi connectivity index (χ2n) is 4.56. The van der Waals surface area contributed by atoms with E-state index in [1.807, 2.05) is 49.4 Å². The Morgan fingerprint density at radius 2 is 1.84 bits per heavy atom. The van der Waals surface area contributed by atoms with E-state index in [4.69, 9.17) is 0 Å². The van der Waals surface area contributed by atoms with Crippen LogP contribution in [0.5, 0.6) is 0 Å². The number of rotatable bonds is 5. The van der Waals surface area contributed by atoms with Gasteiger partial charge in [-0.05, 0) is 36.6 Å². The summed E-state index contributed by atoms with van der Waals surface area (Å²) in [6, 6.07) is 13.9. The van der Waals surface area contributed by atoms with Crippen LogP contribution in [0.25, 0.3) is 0 Å². The van der Waals surface area contributed by atoms with Gasteiger partial charge in [0.1, 0.15) is 0 Å². The molecule has 1 amide bonds. The number of amides is 1. The molecule has 0 aliphatic carbocycles. The van der Waals surface area contributed by atoms with E-state index in [0.29, 0.717) is 6.42 Å². The molecule has 3 heteroatoms. The number of benzene rings is 1. The average Bonchev–Trinajstić information content (AvgIpc) is 2.47. The minimum absolute atomic E-state index is 0.0197. The Hall–Kier alpha value is -2.16. The number of pyridine rings is 1. The molecule has 0 bridgehead atoms. The molecule has 1 atom stereocenters. The lowest BCUT2D eigenvalue weighted by Crippen LogP contribution is -2.26. The maximum Gasteiger partial charge on any atom is 0.220 e. The smallest absolute Gasteiger partial charge is 0.220 e. The van der Waals surface area contributed by atoms with Crippen molar-refractivity contribution in [1.82, 2.24) is 10.3 Å². The first-order chi connectivity index (χ1) is 9.25. The highest BCUT2D eigenvalue weighted by atomic mass is 16.1. The lowest BCUT2D eigenvalue weighted by molar-refractivity contribution is -0.121. The van der Waals surface area contributed by atoms with Crippen LogP contribution in [0.4, 0.5) is 0 Å². The highest BCUT2D eigenvalue weighted by Gasteiger charge is 2.09. The standard InChI is InChI=1S/C16H18N2O/c1-13(15-9-11-17-12-10-15)18-16(19)8-7-14-5-3-2-4-6-14/h2-6,9-13H,7-8H2,1H3,(H,18,19)/t13-/m0/s1. The van der Waals surface area contributed by atoms with Gasteiger partial charge in [-0.1, -0.05) is 30.3 Å². The van der Waals surface area contributed by atoms with E-state index in [2.05, 4.69) is 10.3 Å². The van der Waals surface area contributed by atoms with Gasteiger partial charge in [0.25, 0.3) is 0 Å². The van der Waals surface area contributed by atoms with E-state index >= 15 is 0 Å². The summed E-state index contributed by atoms with van der Waals surface area (Å²) in [5, 5.41) is 3.00. The molecule has 19 heavy (non-hydrogen) atoms. The molecule has 0 unspecified atom stereocenters. The van der Waals surface area contributed by atoms with Gasteiger partial charge in [-0.2, -0.15) is 0 Å². The van der Waals surface area contributed by atoms with Crippen LogP contribution < -0.4 is 5.32 Å². The Labute approximate surface area is 113 Å².